The fourth-order valence-electron chi connectivity index (χ4n) is 8.03. The molecule has 5 aromatic carbocycles. The zero-order chi connectivity index (χ0) is 59.4. The van der Waals surface area contributed by atoms with Crippen LogP contribution in [0.1, 0.15) is 127 Å². The lowest BCUT2D eigenvalue weighted by Gasteiger charge is -2.30. The maximum Gasteiger partial charge on any atom is 0.328 e. The van der Waals surface area contributed by atoms with Gasteiger partial charge in [-0.15, -0.1) is 0 Å². The van der Waals surface area contributed by atoms with Gasteiger partial charge in [0.25, 0.3) is 0 Å². The van der Waals surface area contributed by atoms with E-state index in [1.54, 1.807) is 91.0 Å². The molecule has 0 bridgehead atoms. The Morgan fingerprint density at radius 1 is 0.588 bits per heavy atom. The molecule has 1 aliphatic rings. The van der Waals surface area contributed by atoms with Crippen molar-refractivity contribution in [3.8, 4) is 5.75 Å². The molecule has 428 valence electrons. The van der Waals surface area contributed by atoms with Crippen molar-refractivity contribution in [1.29, 1.82) is 0 Å². The SMILES string of the molecule is C=Cc1ccc(CCC(C)(C(=O)OC(C)(C)C)S(=O)Oc2ccccc2)cc1.C=Cc1ccc(CCC(C)(C(=O)OC(C)(C)C)S(C)(=O)=O)cc1.C=Cc1ccc(CCC(Cc2ccccc2)(C(C)=O)C(=O)OC2CC=CS2)cc1. The van der Waals surface area contributed by atoms with Gasteiger partial charge in [-0.1, -0.05) is 177 Å². The standard InChI is InChI=1S/C25H26O3S.C23H28O4S.C18H26O4S/c1-3-20-11-13-21(14-12-20)15-16-25(19(2)26,18-22-8-5-4-6-9-22)24(27)28-23-10-7-17-29-23;1-6-18-12-14-19(15-13-18)16-17-23(5,21(24)26-22(2,3)4)28(25)27-20-10-8-7-9-11-20;1-7-14-8-10-15(11-9-14)12-13-18(5,23(6,20)21)16(19)22-17(2,3)4/h3-9,11-14,17,23H,1,10,15-16,18H2,2H3;6-15H,1,16-17H2,2-5H3;7-11H,1,12-13H2,2-6H3. The highest BCUT2D eigenvalue weighted by Gasteiger charge is 2.48. The molecule has 80 heavy (non-hydrogen) atoms. The molecule has 1 heterocycles. The first-order valence-corrected chi connectivity index (χ1v) is 30.5. The lowest BCUT2D eigenvalue weighted by molar-refractivity contribution is -0.162. The van der Waals surface area contributed by atoms with E-state index in [2.05, 4.69) is 19.7 Å². The van der Waals surface area contributed by atoms with Crippen LogP contribution in [0.25, 0.3) is 18.2 Å². The van der Waals surface area contributed by atoms with Crippen LogP contribution >= 0.6 is 11.8 Å². The van der Waals surface area contributed by atoms with Gasteiger partial charge in [0.15, 0.2) is 24.8 Å². The van der Waals surface area contributed by atoms with Crippen molar-refractivity contribution >= 4 is 74.6 Å². The third-order valence-corrected chi connectivity index (χ3v) is 17.7. The molecule has 0 fully saturated rings. The summed E-state index contributed by atoms with van der Waals surface area (Å²) in [6.45, 7) is 26.3. The zero-order valence-electron chi connectivity index (χ0n) is 48.2. The Hall–Kier alpha value is -6.61. The number of benzene rings is 5. The quantitative estimate of drug-likeness (QED) is 0.0347. The fourth-order valence-corrected chi connectivity index (χ4v) is 10.5. The van der Waals surface area contributed by atoms with Gasteiger partial charge in [0.1, 0.15) is 28.1 Å². The van der Waals surface area contributed by atoms with Crippen molar-refractivity contribution in [1.82, 2.24) is 0 Å². The summed E-state index contributed by atoms with van der Waals surface area (Å²) in [5, 5.41) is 1.94. The Morgan fingerprint density at radius 3 is 1.41 bits per heavy atom. The van der Waals surface area contributed by atoms with Gasteiger partial charge in [-0.25, -0.2) is 12.6 Å². The molecule has 0 N–H and O–H groups in total. The van der Waals surface area contributed by atoms with E-state index in [0.717, 1.165) is 45.2 Å². The molecule has 5 aromatic rings. The summed E-state index contributed by atoms with van der Waals surface area (Å²) in [6.07, 6.45) is 12.0. The van der Waals surface area contributed by atoms with E-state index in [0.29, 0.717) is 50.7 Å². The molecular weight excluding hydrogens is 1060 g/mol. The van der Waals surface area contributed by atoms with Gasteiger partial charge in [-0.2, -0.15) is 0 Å². The summed E-state index contributed by atoms with van der Waals surface area (Å²) in [5.41, 5.74) is 4.26. The summed E-state index contributed by atoms with van der Waals surface area (Å²) >= 11 is -0.430. The van der Waals surface area contributed by atoms with E-state index >= 15 is 0 Å². The summed E-state index contributed by atoms with van der Waals surface area (Å²) < 4.78 is 56.8. The highest BCUT2D eigenvalue weighted by molar-refractivity contribution is 8.02. The van der Waals surface area contributed by atoms with Crippen LogP contribution in [-0.4, -0.2) is 68.7 Å². The third kappa shape index (κ3) is 20.2. The molecule has 1 aliphatic heterocycles. The number of hydrogen-bond acceptors (Lipinski definition) is 12. The van der Waals surface area contributed by atoms with Gasteiger partial charge < -0.3 is 18.4 Å². The Bertz CT molecular complexity index is 3020. The molecule has 5 unspecified atom stereocenters. The summed E-state index contributed by atoms with van der Waals surface area (Å²) in [7, 11) is -3.61. The van der Waals surface area contributed by atoms with Crippen LogP contribution in [-0.2, 0) is 80.0 Å². The molecule has 5 atom stereocenters. The minimum Gasteiger partial charge on any atom is -0.459 e. The lowest BCUT2D eigenvalue weighted by Crippen LogP contribution is -2.47. The predicted octanol–water partition coefficient (Wildman–Crippen LogP) is 14.1. The number of esters is 3. The Labute approximate surface area is 482 Å². The first-order valence-electron chi connectivity index (χ1n) is 26.6. The predicted molar refractivity (Wildman–Crippen MR) is 328 cm³/mol. The minimum absolute atomic E-state index is 0.148. The highest BCUT2D eigenvalue weighted by Crippen LogP contribution is 2.36. The van der Waals surface area contributed by atoms with Crippen LogP contribution in [0.15, 0.2) is 165 Å². The second kappa shape index (κ2) is 29.7. The number of sulfone groups is 1. The number of carbonyl (C=O) groups is 4. The molecule has 0 radical (unpaired) electrons. The Morgan fingerprint density at radius 2 is 1.01 bits per heavy atom. The molecule has 6 rings (SSSR count). The van der Waals surface area contributed by atoms with Crippen LogP contribution in [0.3, 0.4) is 0 Å². The second-order valence-electron chi connectivity index (χ2n) is 22.1. The number of hydrogen-bond donors (Lipinski definition) is 0. The summed E-state index contributed by atoms with van der Waals surface area (Å²) in [6, 6.07) is 42.1. The van der Waals surface area contributed by atoms with Gasteiger partial charge >= 0.3 is 17.9 Å². The van der Waals surface area contributed by atoms with Gasteiger partial charge in [0.2, 0.25) is 11.1 Å². The van der Waals surface area contributed by atoms with E-state index in [1.165, 1.54) is 25.6 Å². The Balaban J connectivity index is 0.000000260. The maximum atomic E-state index is 13.3. The van der Waals surface area contributed by atoms with Crippen LogP contribution in [0.4, 0.5) is 0 Å². The summed E-state index contributed by atoms with van der Waals surface area (Å²) in [4.78, 5) is 51.5. The number of Topliss-reactive ketones (excluding diaryl/α,β-unsaturated/α-hetero) is 1. The van der Waals surface area contributed by atoms with E-state index < -0.39 is 64.9 Å². The van der Waals surface area contributed by atoms with E-state index in [4.69, 9.17) is 18.4 Å². The minimum atomic E-state index is -3.61. The molecule has 14 heteroatoms. The first kappa shape index (κ1) is 65.9. The van der Waals surface area contributed by atoms with Crippen LogP contribution in [0, 0.1) is 5.41 Å². The number of aryl methyl sites for hydroxylation is 3. The van der Waals surface area contributed by atoms with E-state index in [9.17, 15) is 31.8 Å². The van der Waals surface area contributed by atoms with Gasteiger partial charge in [-0.3, -0.25) is 19.2 Å². The fraction of sp³-hybridized carbons (Fsp3) is 0.364. The normalized spacial score (nSPS) is 15.7. The smallest absolute Gasteiger partial charge is 0.328 e. The Kier molecular flexibility index (Phi) is 24.5. The number of para-hydroxylation sites is 1. The molecule has 11 nitrogen and oxygen atoms in total. The van der Waals surface area contributed by atoms with E-state index in [1.807, 2.05) is 121 Å². The largest absolute Gasteiger partial charge is 0.459 e. The monoisotopic (exact) mass is 1140 g/mol. The number of carbonyl (C=O) groups excluding carboxylic acids is 4. The van der Waals surface area contributed by atoms with Crippen molar-refractivity contribution in [2.24, 2.45) is 5.41 Å². The van der Waals surface area contributed by atoms with Gasteiger partial charge in [0, 0.05) is 12.7 Å². The lowest BCUT2D eigenvalue weighted by atomic mass is 9.74. The number of ketones is 1. The van der Waals surface area contributed by atoms with Crippen molar-refractivity contribution < 1.29 is 50.2 Å². The molecule has 0 saturated heterocycles. The van der Waals surface area contributed by atoms with E-state index in [-0.39, 0.29) is 17.6 Å². The van der Waals surface area contributed by atoms with Crippen molar-refractivity contribution in [3.05, 3.63) is 204 Å². The molecule has 0 aromatic heterocycles. The van der Waals surface area contributed by atoms with Crippen molar-refractivity contribution in [2.75, 3.05) is 6.26 Å². The molecule has 0 spiro atoms. The highest BCUT2D eigenvalue weighted by atomic mass is 32.2. The third-order valence-electron chi connectivity index (χ3n) is 13.3. The number of thioether (sulfide) groups is 1. The molecule has 0 saturated carbocycles. The van der Waals surface area contributed by atoms with Gasteiger partial charge in [0.05, 0.1) is 0 Å². The van der Waals surface area contributed by atoms with Gasteiger partial charge in [-0.05, 0) is 164 Å². The van der Waals surface area contributed by atoms with Crippen molar-refractivity contribution in [3.63, 3.8) is 0 Å². The first-order chi connectivity index (χ1) is 37.6. The average Bonchev–Trinajstić information content (AvgIpc) is 3.95. The number of ether oxygens (including phenoxy) is 3. The second-order valence-corrected chi connectivity index (χ2v) is 27.1. The molecule has 0 aliphatic carbocycles. The average molecular weight is 1150 g/mol. The maximum absolute atomic E-state index is 13.3. The number of rotatable bonds is 23. The molecular formula is C66H80O11S3. The summed E-state index contributed by atoms with van der Waals surface area (Å²) in [5.74, 6) is -1.35. The zero-order valence-corrected chi connectivity index (χ0v) is 50.6. The van der Waals surface area contributed by atoms with Crippen LogP contribution in [0.2, 0.25) is 0 Å². The molecule has 0 amide bonds. The van der Waals surface area contributed by atoms with Crippen LogP contribution < -0.4 is 4.18 Å². The van der Waals surface area contributed by atoms with Crippen LogP contribution in [0.5, 0.6) is 5.75 Å². The topological polar surface area (TPSA) is 156 Å². The van der Waals surface area contributed by atoms with Crippen molar-refractivity contribution in [2.45, 2.75) is 140 Å².